The lowest BCUT2D eigenvalue weighted by molar-refractivity contribution is -0.152. The smallest absolute Gasteiger partial charge is 0.309 e. The normalized spacial score (nSPS) is 17.7. The predicted molar refractivity (Wildman–Crippen MR) is 106 cm³/mol. The van der Waals surface area contributed by atoms with E-state index < -0.39 is 46.2 Å². The van der Waals surface area contributed by atoms with Gasteiger partial charge >= 0.3 is 5.97 Å². The molecule has 1 aromatic rings. The molecular weight excluding hydrogens is 414 g/mol. The van der Waals surface area contributed by atoms with Crippen LogP contribution in [0.1, 0.15) is 40.5 Å². The Morgan fingerprint density at radius 2 is 1.77 bits per heavy atom. The van der Waals surface area contributed by atoms with Crippen LogP contribution in [-0.4, -0.2) is 73.8 Å². The summed E-state index contributed by atoms with van der Waals surface area (Å²) >= 11 is 0. The molecule has 162 valence electrons. The monoisotopic (exact) mass is 437 g/mol. The maximum absolute atomic E-state index is 12.2. The van der Waals surface area contributed by atoms with E-state index in [0.29, 0.717) is 18.5 Å². The number of rotatable bonds is 6. The van der Waals surface area contributed by atoms with Gasteiger partial charge < -0.3 is 10.1 Å². The van der Waals surface area contributed by atoms with Crippen molar-refractivity contribution in [3.05, 3.63) is 29.3 Å². The van der Waals surface area contributed by atoms with Gasteiger partial charge in [-0.05, 0) is 38.0 Å². The van der Waals surface area contributed by atoms with Crippen LogP contribution in [0.15, 0.2) is 18.2 Å². The fourth-order valence-corrected chi connectivity index (χ4v) is 4.58. The van der Waals surface area contributed by atoms with Crippen molar-refractivity contribution in [1.82, 2.24) is 9.21 Å². The third-order valence-electron chi connectivity index (χ3n) is 5.26. The van der Waals surface area contributed by atoms with E-state index in [9.17, 15) is 27.6 Å². The fraction of sp³-hybridized carbons (Fsp3) is 0.474. The van der Waals surface area contributed by atoms with Crippen molar-refractivity contribution >= 4 is 39.4 Å². The number of nitrogens with zero attached hydrogens (tertiary/aromatic N) is 2. The summed E-state index contributed by atoms with van der Waals surface area (Å²) in [5, 5.41) is 2.53. The van der Waals surface area contributed by atoms with Gasteiger partial charge in [0.25, 0.3) is 17.7 Å². The van der Waals surface area contributed by atoms with E-state index in [2.05, 4.69) is 5.32 Å². The number of carbonyl (C=O) groups excluding carboxylic acids is 4. The first-order valence-corrected chi connectivity index (χ1v) is 11.2. The van der Waals surface area contributed by atoms with Crippen LogP contribution >= 0.6 is 0 Å². The molecule has 0 radical (unpaired) electrons. The van der Waals surface area contributed by atoms with Crippen LogP contribution in [0, 0.1) is 5.92 Å². The number of fused-ring (bicyclic) bond motifs is 1. The highest BCUT2D eigenvalue weighted by Gasteiger charge is 2.33. The van der Waals surface area contributed by atoms with Crippen molar-refractivity contribution in [3.63, 3.8) is 0 Å². The second-order valence-electron chi connectivity index (χ2n) is 7.16. The molecule has 2 aliphatic rings. The van der Waals surface area contributed by atoms with Crippen LogP contribution < -0.4 is 5.32 Å². The van der Waals surface area contributed by atoms with Crippen LogP contribution in [0.4, 0.5) is 5.69 Å². The molecular formula is C19H23N3O7S. The molecule has 0 aromatic heterocycles. The Labute approximate surface area is 174 Å². The van der Waals surface area contributed by atoms with Gasteiger partial charge in [0.05, 0.1) is 22.8 Å². The first-order chi connectivity index (χ1) is 14.1. The molecule has 0 spiro atoms. The molecule has 2 aliphatic heterocycles. The van der Waals surface area contributed by atoms with Gasteiger partial charge in [0.2, 0.25) is 10.0 Å². The third-order valence-corrected chi connectivity index (χ3v) is 7.15. The number of benzene rings is 1. The molecule has 0 atom stereocenters. The van der Waals surface area contributed by atoms with Gasteiger partial charge in [-0.1, -0.05) is 0 Å². The van der Waals surface area contributed by atoms with Crippen molar-refractivity contribution in [3.8, 4) is 0 Å². The molecule has 0 bridgehead atoms. The molecule has 11 heteroatoms. The quantitative estimate of drug-likeness (QED) is 0.505. The minimum atomic E-state index is -3.28. The molecule has 0 saturated carbocycles. The van der Waals surface area contributed by atoms with Crippen molar-refractivity contribution in [1.29, 1.82) is 0 Å². The largest absolute Gasteiger partial charge is 0.455 e. The first-order valence-electron chi connectivity index (χ1n) is 9.54. The molecule has 1 fully saturated rings. The summed E-state index contributed by atoms with van der Waals surface area (Å²) in [6, 6.07) is 4.36. The lowest BCUT2D eigenvalue weighted by Gasteiger charge is -2.29. The highest BCUT2D eigenvalue weighted by Crippen LogP contribution is 2.25. The molecule has 1 aromatic carbocycles. The topological polar surface area (TPSA) is 130 Å². The van der Waals surface area contributed by atoms with Crippen LogP contribution in [0.2, 0.25) is 0 Å². The highest BCUT2D eigenvalue weighted by molar-refractivity contribution is 7.89. The van der Waals surface area contributed by atoms with Gasteiger partial charge in [0.1, 0.15) is 0 Å². The summed E-state index contributed by atoms with van der Waals surface area (Å²) in [6.07, 6.45) is 0.683. The molecule has 1 N–H and O–H groups in total. The number of hydrogen-bond acceptors (Lipinski definition) is 7. The van der Waals surface area contributed by atoms with E-state index in [1.807, 2.05) is 0 Å². The van der Waals surface area contributed by atoms with Gasteiger partial charge in [0, 0.05) is 25.8 Å². The summed E-state index contributed by atoms with van der Waals surface area (Å²) in [7, 11) is -1.90. The average Bonchev–Trinajstić information content (AvgIpc) is 2.96. The Kier molecular flexibility index (Phi) is 6.22. The molecule has 3 rings (SSSR count). The maximum Gasteiger partial charge on any atom is 0.309 e. The zero-order chi connectivity index (χ0) is 22.1. The Bertz CT molecular complexity index is 997. The van der Waals surface area contributed by atoms with Gasteiger partial charge in [-0.3, -0.25) is 24.1 Å². The van der Waals surface area contributed by atoms with E-state index in [0.717, 1.165) is 4.90 Å². The number of piperidine rings is 1. The number of amides is 3. The van der Waals surface area contributed by atoms with E-state index in [4.69, 9.17) is 4.74 Å². The number of esters is 1. The number of imide groups is 1. The van der Waals surface area contributed by atoms with Crippen LogP contribution in [0.5, 0.6) is 0 Å². The van der Waals surface area contributed by atoms with E-state index in [1.54, 1.807) is 6.92 Å². The van der Waals surface area contributed by atoms with Gasteiger partial charge in [-0.15, -0.1) is 0 Å². The summed E-state index contributed by atoms with van der Waals surface area (Å²) < 4.78 is 30.1. The zero-order valence-corrected chi connectivity index (χ0v) is 17.5. The van der Waals surface area contributed by atoms with E-state index >= 15 is 0 Å². The number of hydrogen-bond donors (Lipinski definition) is 1. The molecule has 2 heterocycles. The predicted octanol–water partition coefficient (Wildman–Crippen LogP) is 0.456. The summed E-state index contributed by atoms with van der Waals surface area (Å²) in [5.74, 6) is -2.43. The molecule has 0 unspecified atom stereocenters. The third kappa shape index (κ3) is 4.36. The number of carbonyl (C=O) groups is 4. The molecule has 10 nitrogen and oxygen atoms in total. The van der Waals surface area contributed by atoms with E-state index in [-0.39, 0.29) is 30.0 Å². The van der Waals surface area contributed by atoms with Crippen LogP contribution in [-0.2, 0) is 24.3 Å². The SMILES string of the molecule is CCS(=O)(=O)N1CCC(C(=O)OCC(=O)Nc2ccc3c(c2)C(=O)N(C)C3=O)CC1. The lowest BCUT2D eigenvalue weighted by Crippen LogP contribution is -2.41. The average molecular weight is 437 g/mol. The first kappa shape index (κ1) is 21.9. The second-order valence-corrected chi connectivity index (χ2v) is 9.42. The maximum atomic E-state index is 12.2. The van der Waals surface area contributed by atoms with E-state index in [1.165, 1.54) is 29.6 Å². The Morgan fingerprint density at radius 3 is 2.40 bits per heavy atom. The molecule has 30 heavy (non-hydrogen) atoms. The van der Waals surface area contributed by atoms with Crippen LogP contribution in [0.25, 0.3) is 0 Å². The van der Waals surface area contributed by atoms with Gasteiger partial charge in [-0.2, -0.15) is 0 Å². The number of ether oxygens (including phenoxy) is 1. The summed E-state index contributed by atoms with van der Waals surface area (Å²) in [5.41, 5.74) is 0.777. The van der Waals surface area contributed by atoms with Crippen molar-refractivity contribution in [2.45, 2.75) is 19.8 Å². The van der Waals surface area contributed by atoms with Crippen molar-refractivity contribution < 1.29 is 32.3 Å². The summed E-state index contributed by atoms with van der Waals surface area (Å²) in [4.78, 5) is 49.2. The number of sulfonamides is 1. The Morgan fingerprint density at radius 1 is 1.13 bits per heavy atom. The Hall–Kier alpha value is -2.79. The van der Waals surface area contributed by atoms with Gasteiger partial charge in [-0.25, -0.2) is 12.7 Å². The summed E-state index contributed by atoms with van der Waals surface area (Å²) in [6.45, 7) is 1.56. The molecule has 3 amide bonds. The highest BCUT2D eigenvalue weighted by atomic mass is 32.2. The molecule has 0 aliphatic carbocycles. The van der Waals surface area contributed by atoms with Crippen molar-refractivity contribution in [2.24, 2.45) is 5.92 Å². The standard InChI is InChI=1S/C19H23N3O7S/c1-3-30(27,28)22-8-6-12(7-9-22)19(26)29-11-16(23)20-13-4-5-14-15(10-13)18(25)21(2)17(14)24/h4-5,10,12H,3,6-9,11H2,1-2H3,(H,20,23). The number of nitrogens with one attached hydrogen (secondary N) is 1. The fourth-order valence-electron chi connectivity index (χ4n) is 3.44. The zero-order valence-electron chi connectivity index (χ0n) is 16.7. The number of anilines is 1. The Balaban J connectivity index is 1.49. The second kappa shape index (κ2) is 8.52. The van der Waals surface area contributed by atoms with Gasteiger partial charge in [0.15, 0.2) is 6.61 Å². The minimum Gasteiger partial charge on any atom is -0.455 e. The molecule has 1 saturated heterocycles. The van der Waals surface area contributed by atoms with Crippen LogP contribution in [0.3, 0.4) is 0 Å². The lowest BCUT2D eigenvalue weighted by atomic mass is 9.98. The van der Waals surface area contributed by atoms with Crippen molar-refractivity contribution in [2.75, 3.05) is 37.8 Å². The minimum absolute atomic E-state index is 0.0149.